The molecule has 7 nitrogen and oxygen atoms in total. The van der Waals surface area contributed by atoms with Gasteiger partial charge in [-0.1, -0.05) is 24.6 Å². The molecule has 4 rings (SSSR count). The van der Waals surface area contributed by atoms with Gasteiger partial charge in [-0.3, -0.25) is 4.79 Å². The van der Waals surface area contributed by atoms with Gasteiger partial charge in [-0.2, -0.15) is 5.26 Å². The highest BCUT2D eigenvalue weighted by Crippen LogP contribution is 2.36. The molecule has 1 atom stereocenters. The van der Waals surface area contributed by atoms with E-state index in [1.165, 1.54) is 46.9 Å². The molecule has 184 valence electrons. The van der Waals surface area contributed by atoms with Gasteiger partial charge in [0.2, 0.25) is 5.91 Å². The molecule has 0 spiro atoms. The average Bonchev–Trinajstić information content (AvgIpc) is 3.33. The summed E-state index contributed by atoms with van der Waals surface area (Å²) >= 11 is 2.70. The number of carbonyl (C=O) groups is 1. The van der Waals surface area contributed by atoms with Gasteiger partial charge in [0.1, 0.15) is 16.9 Å². The van der Waals surface area contributed by atoms with Crippen molar-refractivity contribution in [2.24, 2.45) is 7.05 Å². The monoisotopic (exact) mass is 517 g/mol. The molecule has 0 saturated carbocycles. The lowest BCUT2D eigenvalue weighted by molar-refractivity contribution is -0.113. The Bertz CT molecular complexity index is 1270. The van der Waals surface area contributed by atoms with Crippen molar-refractivity contribution in [2.75, 3.05) is 11.1 Å². The van der Waals surface area contributed by atoms with Gasteiger partial charge in [-0.15, -0.1) is 21.5 Å². The molecular formula is C24H25F2N5O2S2. The first-order valence-electron chi connectivity index (χ1n) is 11.4. The first kappa shape index (κ1) is 25.1. The van der Waals surface area contributed by atoms with Crippen LogP contribution in [0, 0.1) is 23.0 Å². The second-order valence-electron chi connectivity index (χ2n) is 8.31. The zero-order valence-electron chi connectivity index (χ0n) is 19.4. The molecule has 1 aromatic carbocycles. The highest BCUT2D eigenvalue weighted by molar-refractivity contribution is 7.99. The summed E-state index contributed by atoms with van der Waals surface area (Å²) in [6.45, 7) is 1.68. The van der Waals surface area contributed by atoms with Crippen LogP contribution in [-0.4, -0.2) is 26.4 Å². The highest BCUT2D eigenvalue weighted by atomic mass is 32.2. The van der Waals surface area contributed by atoms with E-state index in [4.69, 9.17) is 4.74 Å². The number of halogens is 2. The fourth-order valence-corrected chi connectivity index (χ4v) is 6.01. The Morgan fingerprint density at radius 2 is 2.06 bits per heavy atom. The van der Waals surface area contributed by atoms with E-state index in [0.717, 1.165) is 43.4 Å². The Kier molecular flexibility index (Phi) is 8.03. The zero-order valence-corrected chi connectivity index (χ0v) is 21.1. The molecule has 0 aliphatic heterocycles. The number of hydrogen-bond donors (Lipinski definition) is 1. The summed E-state index contributed by atoms with van der Waals surface area (Å²) in [5.74, 6) is -1.29. The number of hydrogen-bond acceptors (Lipinski definition) is 7. The van der Waals surface area contributed by atoms with Crippen molar-refractivity contribution < 1.29 is 18.3 Å². The van der Waals surface area contributed by atoms with Crippen LogP contribution in [-0.2, 0) is 24.7 Å². The molecule has 2 heterocycles. The van der Waals surface area contributed by atoms with Crippen molar-refractivity contribution in [3.63, 3.8) is 0 Å². The predicted molar refractivity (Wildman–Crippen MR) is 131 cm³/mol. The van der Waals surface area contributed by atoms with E-state index in [9.17, 15) is 18.8 Å². The number of benzene rings is 1. The van der Waals surface area contributed by atoms with E-state index in [2.05, 4.69) is 21.6 Å². The van der Waals surface area contributed by atoms with E-state index in [1.54, 1.807) is 18.5 Å². The Morgan fingerprint density at radius 3 is 2.80 bits per heavy atom. The van der Waals surface area contributed by atoms with Gasteiger partial charge in [0.15, 0.2) is 28.7 Å². The van der Waals surface area contributed by atoms with Gasteiger partial charge >= 0.3 is 0 Å². The number of aromatic nitrogens is 3. The standard InChI is InChI=1S/C24H25F2N5O2S2/c1-14(33-19-10-9-15(25)11-18(19)26)22-29-30-24(31(22)2)34-13-21(32)28-23-17(12-27)16-7-5-3-4-6-8-20(16)35-23/h9-11,14H,3-8,13H2,1-2H3,(H,28,32). The third kappa shape index (κ3) is 5.82. The molecular weight excluding hydrogens is 492 g/mol. The lowest BCUT2D eigenvalue weighted by Crippen LogP contribution is -2.15. The summed E-state index contributed by atoms with van der Waals surface area (Å²) in [5, 5.41) is 21.9. The van der Waals surface area contributed by atoms with Crippen LogP contribution in [0.1, 0.15) is 60.5 Å². The van der Waals surface area contributed by atoms with E-state index in [1.807, 2.05) is 0 Å². The molecule has 35 heavy (non-hydrogen) atoms. The summed E-state index contributed by atoms with van der Waals surface area (Å²) in [6, 6.07) is 5.38. The van der Waals surface area contributed by atoms with Gasteiger partial charge < -0.3 is 14.6 Å². The van der Waals surface area contributed by atoms with Crippen molar-refractivity contribution in [3.05, 3.63) is 51.7 Å². The first-order chi connectivity index (χ1) is 16.9. The van der Waals surface area contributed by atoms with Crippen molar-refractivity contribution in [1.29, 1.82) is 5.26 Å². The smallest absolute Gasteiger partial charge is 0.235 e. The largest absolute Gasteiger partial charge is 0.480 e. The average molecular weight is 518 g/mol. The Labute approximate surface area is 210 Å². The quantitative estimate of drug-likeness (QED) is 0.413. The number of thiophene rings is 1. The van der Waals surface area contributed by atoms with Gasteiger partial charge in [0, 0.05) is 18.0 Å². The number of aryl methyl sites for hydroxylation is 1. The summed E-state index contributed by atoms with van der Waals surface area (Å²) < 4.78 is 34.3. The molecule has 1 aliphatic carbocycles. The van der Waals surface area contributed by atoms with E-state index in [0.29, 0.717) is 21.5 Å². The van der Waals surface area contributed by atoms with Gasteiger partial charge in [-0.25, -0.2) is 8.78 Å². The minimum absolute atomic E-state index is 0.0846. The first-order valence-corrected chi connectivity index (χ1v) is 13.2. The number of rotatable bonds is 7. The maximum atomic E-state index is 13.9. The fourth-order valence-electron chi connectivity index (χ4n) is 4.04. The molecule has 1 unspecified atom stereocenters. The number of nitriles is 1. The fraction of sp³-hybridized carbons (Fsp3) is 0.417. The van der Waals surface area contributed by atoms with Crippen molar-refractivity contribution in [2.45, 2.75) is 56.7 Å². The Balaban J connectivity index is 1.38. The van der Waals surface area contributed by atoms with E-state index in [-0.39, 0.29) is 17.4 Å². The summed E-state index contributed by atoms with van der Waals surface area (Å²) in [7, 11) is 1.73. The number of amides is 1. The number of nitrogens with one attached hydrogen (secondary N) is 1. The summed E-state index contributed by atoms with van der Waals surface area (Å²) in [4.78, 5) is 13.9. The van der Waals surface area contributed by atoms with E-state index < -0.39 is 17.7 Å². The molecule has 0 radical (unpaired) electrons. The molecule has 11 heteroatoms. The van der Waals surface area contributed by atoms with Crippen LogP contribution >= 0.6 is 23.1 Å². The molecule has 1 aliphatic rings. The lowest BCUT2D eigenvalue weighted by Gasteiger charge is -2.14. The van der Waals surface area contributed by atoms with Gasteiger partial charge in [0.05, 0.1) is 11.3 Å². The zero-order chi connectivity index (χ0) is 24.9. The maximum absolute atomic E-state index is 13.9. The number of fused-ring (bicyclic) bond motifs is 1. The van der Waals surface area contributed by atoms with Crippen LogP contribution in [0.25, 0.3) is 0 Å². The topological polar surface area (TPSA) is 92.8 Å². The van der Waals surface area contributed by atoms with Crippen LogP contribution < -0.4 is 10.1 Å². The normalized spacial score (nSPS) is 14.4. The lowest BCUT2D eigenvalue weighted by atomic mass is 9.97. The maximum Gasteiger partial charge on any atom is 0.235 e. The minimum atomic E-state index is -0.802. The minimum Gasteiger partial charge on any atom is -0.480 e. The number of ether oxygens (including phenoxy) is 1. The van der Waals surface area contributed by atoms with Crippen LogP contribution in [0.3, 0.4) is 0 Å². The second-order valence-corrected chi connectivity index (χ2v) is 10.4. The summed E-state index contributed by atoms with van der Waals surface area (Å²) in [5.41, 5.74) is 1.68. The molecule has 0 saturated heterocycles. The third-order valence-electron chi connectivity index (χ3n) is 5.80. The molecule has 1 N–H and O–H groups in total. The van der Waals surface area contributed by atoms with E-state index >= 15 is 0 Å². The van der Waals surface area contributed by atoms with Crippen molar-refractivity contribution >= 4 is 34.0 Å². The molecule has 2 aromatic heterocycles. The van der Waals surface area contributed by atoms with Crippen LogP contribution in [0.5, 0.6) is 5.75 Å². The molecule has 1 amide bonds. The predicted octanol–water partition coefficient (Wildman–Crippen LogP) is 5.56. The van der Waals surface area contributed by atoms with Crippen LogP contribution in [0.4, 0.5) is 13.8 Å². The molecule has 3 aromatic rings. The van der Waals surface area contributed by atoms with Crippen LogP contribution in [0.15, 0.2) is 23.4 Å². The molecule has 0 bridgehead atoms. The molecule has 0 fully saturated rings. The number of anilines is 1. The van der Waals surface area contributed by atoms with Gasteiger partial charge in [0.25, 0.3) is 0 Å². The van der Waals surface area contributed by atoms with Gasteiger partial charge in [-0.05, 0) is 50.3 Å². The number of thioether (sulfide) groups is 1. The van der Waals surface area contributed by atoms with Crippen molar-refractivity contribution in [1.82, 2.24) is 14.8 Å². The second kappa shape index (κ2) is 11.2. The Morgan fingerprint density at radius 1 is 1.29 bits per heavy atom. The SMILES string of the molecule is CC(Oc1ccc(F)cc1F)c1nnc(SCC(=O)Nc2sc3c(c2C#N)CCCCCC3)n1C. The third-order valence-corrected chi connectivity index (χ3v) is 8.03. The number of nitrogens with zero attached hydrogens (tertiary/aromatic N) is 4. The summed E-state index contributed by atoms with van der Waals surface area (Å²) in [6.07, 6.45) is 5.70. The Hall–Kier alpha value is -2.97. The number of carbonyl (C=O) groups excluding carboxylic acids is 1. The van der Waals surface area contributed by atoms with Crippen LogP contribution in [0.2, 0.25) is 0 Å². The highest BCUT2D eigenvalue weighted by Gasteiger charge is 2.22. The van der Waals surface area contributed by atoms with Crippen molar-refractivity contribution in [3.8, 4) is 11.8 Å².